The van der Waals surface area contributed by atoms with Gasteiger partial charge in [-0.2, -0.15) is 0 Å². The van der Waals surface area contributed by atoms with Gasteiger partial charge in [-0.1, -0.05) is 51.6 Å². The first-order valence-electron chi connectivity index (χ1n) is 13.1. The van der Waals surface area contributed by atoms with E-state index in [1.165, 1.54) is 18.9 Å². The van der Waals surface area contributed by atoms with Crippen LogP contribution in [0.15, 0.2) is 57.9 Å². The normalized spacial score (nSPS) is 16.7. The summed E-state index contributed by atoms with van der Waals surface area (Å²) >= 11 is 15.2. The van der Waals surface area contributed by atoms with Crippen molar-refractivity contribution in [2.24, 2.45) is 5.92 Å². The number of carbonyl (C=O) groups excluding carboxylic acids is 1. The molecule has 2 aromatic rings. The number of unbranched alkanes of at least 4 members (excludes halogenated alkanes) is 2. The van der Waals surface area contributed by atoms with Gasteiger partial charge in [0.15, 0.2) is 0 Å². The predicted molar refractivity (Wildman–Crippen MR) is 160 cm³/mol. The van der Waals surface area contributed by atoms with E-state index < -0.39 is 10.0 Å². The number of benzene rings is 2. The lowest BCUT2D eigenvalue weighted by molar-refractivity contribution is -0.116. The molecule has 6 nitrogen and oxygen atoms in total. The molecule has 1 amide bonds. The molecule has 1 saturated heterocycles. The maximum atomic E-state index is 12.4. The van der Waals surface area contributed by atoms with Gasteiger partial charge in [0.05, 0.1) is 14.9 Å². The van der Waals surface area contributed by atoms with Gasteiger partial charge in [0.1, 0.15) is 0 Å². The topological polar surface area (TPSA) is 78.5 Å². The number of hydrogen-bond donors (Lipinski definition) is 2. The first-order chi connectivity index (χ1) is 18.2. The van der Waals surface area contributed by atoms with Crippen LogP contribution in [0.5, 0.6) is 0 Å². The maximum Gasteiger partial charge on any atom is 0.243 e. The van der Waals surface area contributed by atoms with Gasteiger partial charge in [-0.3, -0.25) is 4.79 Å². The summed E-state index contributed by atoms with van der Waals surface area (Å²) in [5.74, 6) is 0.497. The maximum absolute atomic E-state index is 12.4. The van der Waals surface area contributed by atoms with Crippen molar-refractivity contribution in [3.8, 4) is 0 Å². The molecule has 0 saturated carbocycles. The number of sulfonamides is 1. The summed E-state index contributed by atoms with van der Waals surface area (Å²) in [7, 11) is -3.46. The summed E-state index contributed by atoms with van der Waals surface area (Å²) < 4.78 is 28.4. The molecule has 1 aliphatic rings. The van der Waals surface area contributed by atoms with Crippen molar-refractivity contribution in [1.82, 2.24) is 14.9 Å². The van der Waals surface area contributed by atoms with E-state index in [0.29, 0.717) is 33.9 Å². The molecule has 38 heavy (non-hydrogen) atoms. The lowest BCUT2D eigenvalue weighted by Crippen LogP contribution is -2.36. The molecule has 0 radical (unpaired) electrons. The van der Waals surface area contributed by atoms with Crippen LogP contribution in [-0.2, 0) is 14.8 Å². The summed E-state index contributed by atoms with van der Waals surface area (Å²) in [5, 5.41) is 3.89. The molecule has 0 aromatic heterocycles. The highest BCUT2D eigenvalue weighted by Crippen LogP contribution is 2.23. The largest absolute Gasteiger partial charge is 0.353 e. The molecular weight excluding hydrogens is 609 g/mol. The van der Waals surface area contributed by atoms with Crippen molar-refractivity contribution in [2.75, 3.05) is 32.7 Å². The molecule has 1 unspecified atom stereocenters. The first kappa shape index (κ1) is 31.1. The zero-order valence-corrected chi connectivity index (χ0v) is 25.4. The molecule has 10 heteroatoms. The van der Waals surface area contributed by atoms with Crippen LogP contribution in [0.2, 0.25) is 10.0 Å². The predicted octanol–water partition coefficient (Wildman–Crippen LogP) is 6.53. The van der Waals surface area contributed by atoms with Gasteiger partial charge in [0.2, 0.25) is 15.9 Å². The molecule has 0 spiro atoms. The van der Waals surface area contributed by atoms with Crippen LogP contribution in [0.4, 0.5) is 0 Å². The molecule has 2 aromatic carbocycles. The molecule has 1 heterocycles. The van der Waals surface area contributed by atoms with E-state index in [-0.39, 0.29) is 5.91 Å². The van der Waals surface area contributed by atoms with E-state index in [0.717, 1.165) is 61.8 Å². The van der Waals surface area contributed by atoms with Crippen molar-refractivity contribution in [1.29, 1.82) is 0 Å². The first-order valence-corrected chi connectivity index (χ1v) is 16.1. The van der Waals surface area contributed by atoms with E-state index >= 15 is 0 Å². The highest BCUT2D eigenvalue weighted by atomic mass is 79.9. The summed E-state index contributed by atoms with van der Waals surface area (Å²) in [6.07, 6.45) is 10.6. The summed E-state index contributed by atoms with van der Waals surface area (Å²) in [6, 6.07) is 11.9. The Bertz CT molecular complexity index is 1180. The van der Waals surface area contributed by atoms with Gasteiger partial charge in [-0.05, 0) is 106 Å². The standard InChI is InChI=1S/C28H36BrCl2N3O3S/c29-24-10-12-25(13-11-24)38(36,37)33-17-4-6-23-7-5-19-34(21-23)18-3-1-2-16-32-28(35)15-9-22-8-14-26(30)27(31)20-22/h8-15,20,23,33H,1-7,16-19,21H2,(H,32,35)/b15-9+. The summed E-state index contributed by atoms with van der Waals surface area (Å²) in [4.78, 5) is 14.8. The molecular formula is C28H36BrCl2N3O3S. The van der Waals surface area contributed by atoms with Crippen molar-refractivity contribution in [3.05, 3.63) is 68.6 Å². The zero-order chi connectivity index (χ0) is 27.4. The Balaban J connectivity index is 1.24. The van der Waals surface area contributed by atoms with Gasteiger partial charge in [-0.15, -0.1) is 0 Å². The number of halogens is 3. The Kier molecular flexibility index (Phi) is 13.1. The van der Waals surface area contributed by atoms with Gasteiger partial charge >= 0.3 is 0 Å². The molecule has 3 rings (SSSR count). The average molecular weight is 645 g/mol. The number of rotatable bonds is 14. The number of nitrogens with one attached hydrogen (secondary N) is 2. The lowest BCUT2D eigenvalue weighted by atomic mass is 9.93. The van der Waals surface area contributed by atoms with E-state index in [1.807, 2.05) is 6.07 Å². The molecule has 0 bridgehead atoms. The van der Waals surface area contributed by atoms with Gasteiger partial charge in [-0.25, -0.2) is 13.1 Å². The van der Waals surface area contributed by atoms with E-state index in [9.17, 15) is 13.2 Å². The fourth-order valence-electron chi connectivity index (χ4n) is 4.58. The Morgan fingerprint density at radius 3 is 2.58 bits per heavy atom. The second-order valence-corrected chi connectivity index (χ2v) is 13.2. The molecule has 208 valence electrons. The number of likely N-dealkylation sites (tertiary alicyclic amines) is 1. The van der Waals surface area contributed by atoms with Gasteiger partial charge in [0.25, 0.3) is 0 Å². The smallest absolute Gasteiger partial charge is 0.243 e. The minimum atomic E-state index is -3.46. The number of piperidine rings is 1. The van der Waals surface area contributed by atoms with Crippen LogP contribution < -0.4 is 10.0 Å². The Hall–Kier alpha value is -1.42. The quantitative estimate of drug-likeness (QED) is 0.181. The monoisotopic (exact) mass is 643 g/mol. The SMILES string of the molecule is O=C(/C=C/c1ccc(Cl)c(Cl)c1)NCCCCCN1CCCC(CCCNS(=O)(=O)c2ccc(Br)cc2)C1. The van der Waals surface area contributed by atoms with Crippen LogP contribution in [0.1, 0.15) is 50.5 Å². The number of carbonyl (C=O) groups is 1. The number of hydrogen-bond acceptors (Lipinski definition) is 4. The van der Waals surface area contributed by atoms with Crippen LogP contribution in [-0.4, -0.2) is 51.9 Å². The second kappa shape index (κ2) is 16.0. The molecule has 1 aliphatic heterocycles. The molecule has 1 atom stereocenters. The van der Waals surface area contributed by atoms with Crippen LogP contribution in [0.25, 0.3) is 6.08 Å². The third kappa shape index (κ3) is 11.0. The lowest BCUT2D eigenvalue weighted by Gasteiger charge is -2.32. The highest BCUT2D eigenvalue weighted by Gasteiger charge is 2.20. The summed E-state index contributed by atoms with van der Waals surface area (Å²) in [6.45, 7) is 4.39. The van der Waals surface area contributed by atoms with Crippen molar-refractivity contribution in [3.63, 3.8) is 0 Å². The van der Waals surface area contributed by atoms with Crippen molar-refractivity contribution < 1.29 is 13.2 Å². The minimum absolute atomic E-state index is 0.117. The third-order valence-electron chi connectivity index (χ3n) is 6.63. The van der Waals surface area contributed by atoms with E-state index in [4.69, 9.17) is 23.2 Å². The summed E-state index contributed by atoms with van der Waals surface area (Å²) in [5.41, 5.74) is 0.830. The van der Waals surface area contributed by atoms with Crippen LogP contribution in [0, 0.1) is 5.92 Å². The van der Waals surface area contributed by atoms with Crippen molar-refractivity contribution in [2.45, 2.75) is 49.8 Å². The van der Waals surface area contributed by atoms with E-state index in [2.05, 4.69) is 30.9 Å². The Labute approximate surface area is 245 Å². The van der Waals surface area contributed by atoms with Crippen molar-refractivity contribution >= 4 is 61.1 Å². The molecule has 0 aliphatic carbocycles. The minimum Gasteiger partial charge on any atom is -0.353 e. The average Bonchev–Trinajstić information content (AvgIpc) is 2.90. The highest BCUT2D eigenvalue weighted by molar-refractivity contribution is 9.10. The fourth-order valence-corrected chi connectivity index (χ4v) is 6.23. The van der Waals surface area contributed by atoms with Crippen LogP contribution in [0.3, 0.4) is 0 Å². The zero-order valence-electron chi connectivity index (χ0n) is 21.5. The van der Waals surface area contributed by atoms with Gasteiger partial charge in [0, 0.05) is 30.2 Å². The third-order valence-corrected chi connectivity index (χ3v) is 9.37. The Morgan fingerprint density at radius 2 is 1.82 bits per heavy atom. The number of nitrogens with zero attached hydrogens (tertiary/aromatic N) is 1. The number of amides is 1. The van der Waals surface area contributed by atoms with Gasteiger partial charge < -0.3 is 10.2 Å². The van der Waals surface area contributed by atoms with E-state index in [1.54, 1.807) is 42.5 Å². The fraction of sp³-hybridized carbons (Fsp3) is 0.464. The second-order valence-electron chi connectivity index (χ2n) is 9.66. The van der Waals surface area contributed by atoms with Crippen LogP contribution >= 0.6 is 39.1 Å². The Morgan fingerprint density at radius 1 is 1.03 bits per heavy atom. The molecule has 1 fully saturated rings. The molecule has 2 N–H and O–H groups in total.